The number of piperazine rings is 1. The Morgan fingerprint density at radius 2 is 2.00 bits per heavy atom. The Morgan fingerprint density at radius 3 is 2.52 bits per heavy atom. The van der Waals surface area contributed by atoms with Gasteiger partial charge in [-0.25, -0.2) is 8.42 Å². The van der Waals surface area contributed by atoms with E-state index in [0.29, 0.717) is 35.2 Å². The fourth-order valence-corrected chi connectivity index (χ4v) is 5.81. The second-order valence-electron chi connectivity index (χ2n) is 5.48. The molecule has 0 saturated carbocycles. The van der Waals surface area contributed by atoms with Crippen molar-refractivity contribution in [1.82, 2.24) is 9.80 Å². The van der Waals surface area contributed by atoms with E-state index in [0.717, 1.165) is 13.1 Å². The lowest BCUT2D eigenvalue weighted by molar-refractivity contribution is 0.0592. The number of halogens is 1. The molecular weight excluding hydrogens is 332 g/mol. The van der Waals surface area contributed by atoms with Gasteiger partial charge in [-0.05, 0) is 17.9 Å². The van der Waals surface area contributed by atoms with Crippen molar-refractivity contribution < 1.29 is 13.2 Å². The summed E-state index contributed by atoms with van der Waals surface area (Å²) in [6.45, 7) is 2.72. The average Bonchev–Trinajstić information content (AvgIpc) is 3.04. The molecule has 21 heavy (non-hydrogen) atoms. The van der Waals surface area contributed by atoms with Crippen LogP contribution in [0.5, 0.6) is 0 Å². The van der Waals surface area contributed by atoms with E-state index >= 15 is 0 Å². The molecule has 0 radical (unpaired) electrons. The van der Waals surface area contributed by atoms with E-state index in [1.54, 1.807) is 11.0 Å². The first kappa shape index (κ1) is 15.3. The molecule has 116 valence electrons. The third-order valence-electron chi connectivity index (χ3n) is 4.14. The number of nitrogens with zero attached hydrogens (tertiary/aromatic N) is 2. The van der Waals surface area contributed by atoms with Crippen LogP contribution < -0.4 is 0 Å². The molecule has 2 fully saturated rings. The molecule has 0 N–H and O–H groups in total. The summed E-state index contributed by atoms with van der Waals surface area (Å²) in [5, 5.41) is 2.32. The van der Waals surface area contributed by atoms with Gasteiger partial charge in [0.25, 0.3) is 5.91 Å². The van der Waals surface area contributed by atoms with Crippen LogP contribution in [-0.4, -0.2) is 67.9 Å². The summed E-state index contributed by atoms with van der Waals surface area (Å²) in [6.07, 6.45) is 0.715. The Balaban J connectivity index is 1.58. The fourth-order valence-electron chi connectivity index (χ4n) is 2.94. The molecule has 2 aliphatic rings. The number of thiophene rings is 1. The number of hydrogen-bond donors (Lipinski definition) is 0. The van der Waals surface area contributed by atoms with Crippen LogP contribution in [0.2, 0.25) is 5.02 Å². The van der Waals surface area contributed by atoms with Crippen molar-refractivity contribution in [1.29, 1.82) is 0 Å². The minimum absolute atomic E-state index is 0.0197. The van der Waals surface area contributed by atoms with Gasteiger partial charge >= 0.3 is 0 Å². The van der Waals surface area contributed by atoms with Gasteiger partial charge in [0.2, 0.25) is 0 Å². The zero-order chi connectivity index (χ0) is 15.0. The first-order valence-corrected chi connectivity index (χ1v) is 10.0. The molecule has 5 nitrogen and oxygen atoms in total. The van der Waals surface area contributed by atoms with Crippen molar-refractivity contribution in [2.75, 3.05) is 37.7 Å². The van der Waals surface area contributed by atoms with Crippen LogP contribution in [0.4, 0.5) is 0 Å². The zero-order valence-electron chi connectivity index (χ0n) is 11.5. The SMILES string of the molecule is O=C(c1sccc1Cl)N1CCN(C2CCS(=O)(=O)C2)CC1. The molecule has 1 amide bonds. The molecule has 1 aromatic heterocycles. The Morgan fingerprint density at radius 1 is 1.29 bits per heavy atom. The van der Waals surface area contributed by atoms with Crippen molar-refractivity contribution >= 4 is 38.7 Å². The maximum Gasteiger partial charge on any atom is 0.265 e. The van der Waals surface area contributed by atoms with Gasteiger partial charge in [-0.3, -0.25) is 9.69 Å². The highest BCUT2D eigenvalue weighted by atomic mass is 35.5. The van der Waals surface area contributed by atoms with Gasteiger partial charge in [0.15, 0.2) is 9.84 Å². The number of amides is 1. The van der Waals surface area contributed by atoms with E-state index in [2.05, 4.69) is 4.90 Å². The molecule has 2 saturated heterocycles. The predicted octanol–water partition coefficient (Wildman–Crippen LogP) is 1.35. The van der Waals surface area contributed by atoms with Crippen molar-refractivity contribution in [3.05, 3.63) is 21.3 Å². The monoisotopic (exact) mass is 348 g/mol. The summed E-state index contributed by atoms with van der Waals surface area (Å²) in [7, 11) is -2.85. The molecule has 3 rings (SSSR count). The normalized spacial score (nSPS) is 26.1. The highest BCUT2D eigenvalue weighted by Crippen LogP contribution is 2.25. The highest BCUT2D eigenvalue weighted by Gasteiger charge is 2.34. The van der Waals surface area contributed by atoms with Crippen molar-refractivity contribution in [3.8, 4) is 0 Å². The number of carbonyl (C=O) groups excluding carboxylic acids is 1. The van der Waals surface area contributed by atoms with Gasteiger partial charge in [-0.2, -0.15) is 0 Å². The Bertz CT molecular complexity index is 636. The molecule has 2 aliphatic heterocycles. The molecule has 8 heteroatoms. The third kappa shape index (κ3) is 3.26. The largest absolute Gasteiger partial charge is 0.335 e. The van der Waals surface area contributed by atoms with Gasteiger partial charge in [0, 0.05) is 32.2 Å². The standard InChI is InChI=1S/C13H17ClN2O3S2/c14-11-1-7-20-12(11)13(17)16-5-3-15(4-6-16)10-2-8-21(18,19)9-10/h1,7,10H,2-6,8-9H2. The number of rotatable bonds is 2. The molecule has 0 aliphatic carbocycles. The Hall–Kier alpha value is -0.630. The van der Waals surface area contributed by atoms with Crippen LogP contribution in [0.1, 0.15) is 16.1 Å². The fraction of sp³-hybridized carbons (Fsp3) is 0.615. The van der Waals surface area contributed by atoms with Crippen LogP contribution in [0.15, 0.2) is 11.4 Å². The van der Waals surface area contributed by atoms with Gasteiger partial charge < -0.3 is 4.90 Å². The molecular formula is C13H17ClN2O3S2. The lowest BCUT2D eigenvalue weighted by Gasteiger charge is -2.37. The quantitative estimate of drug-likeness (QED) is 0.809. The summed E-state index contributed by atoms with van der Waals surface area (Å²) < 4.78 is 23.1. The second kappa shape index (κ2) is 5.87. The minimum atomic E-state index is -2.85. The lowest BCUT2D eigenvalue weighted by atomic mass is 10.2. The van der Waals surface area contributed by atoms with Gasteiger partial charge in [0.1, 0.15) is 4.88 Å². The first-order chi connectivity index (χ1) is 9.96. The first-order valence-electron chi connectivity index (χ1n) is 6.93. The predicted molar refractivity (Wildman–Crippen MR) is 83.9 cm³/mol. The van der Waals surface area contributed by atoms with E-state index in [-0.39, 0.29) is 17.7 Å². The van der Waals surface area contributed by atoms with Crippen LogP contribution in [0.3, 0.4) is 0 Å². The van der Waals surface area contributed by atoms with E-state index < -0.39 is 9.84 Å². The number of sulfone groups is 1. The molecule has 1 aromatic rings. The third-order valence-corrected chi connectivity index (χ3v) is 7.22. The van der Waals surface area contributed by atoms with E-state index in [1.807, 2.05) is 5.38 Å². The molecule has 0 spiro atoms. The summed E-state index contributed by atoms with van der Waals surface area (Å²) in [6, 6.07) is 1.86. The topological polar surface area (TPSA) is 57.7 Å². The smallest absolute Gasteiger partial charge is 0.265 e. The van der Waals surface area contributed by atoms with Gasteiger partial charge in [0.05, 0.1) is 16.5 Å². The van der Waals surface area contributed by atoms with Crippen LogP contribution in [0, 0.1) is 0 Å². The van der Waals surface area contributed by atoms with Gasteiger partial charge in [-0.15, -0.1) is 11.3 Å². The lowest BCUT2D eigenvalue weighted by Crippen LogP contribution is -2.52. The van der Waals surface area contributed by atoms with E-state index in [4.69, 9.17) is 11.6 Å². The van der Waals surface area contributed by atoms with E-state index in [1.165, 1.54) is 11.3 Å². The van der Waals surface area contributed by atoms with E-state index in [9.17, 15) is 13.2 Å². The molecule has 1 unspecified atom stereocenters. The molecule has 3 heterocycles. The number of carbonyl (C=O) groups is 1. The van der Waals surface area contributed by atoms with Gasteiger partial charge in [-0.1, -0.05) is 11.6 Å². The number of hydrogen-bond acceptors (Lipinski definition) is 5. The van der Waals surface area contributed by atoms with Crippen LogP contribution in [0.25, 0.3) is 0 Å². The van der Waals surface area contributed by atoms with Crippen molar-refractivity contribution in [2.24, 2.45) is 0 Å². The van der Waals surface area contributed by atoms with Crippen LogP contribution >= 0.6 is 22.9 Å². The highest BCUT2D eigenvalue weighted by molar-refractivity contribution is 7.91. The van der Waals surface area contributed by atoms with Crippen molar-refractivity contribution in [2.45, 2.75) is 12.5 Å². The molecule has 0 aromatic carbocycles. The summed E-state index contributed by atoms with van der Waals surface area (Å²) in [4.78, 5) is 16.9. The maximum absolute atomic E-state index is 12.4. The zero-order valence-corrected chi connectivity index (χ0v) is 13.9. The summed E-state index contributed by atoms with van der Waals surface area (Å²) in [5.74, 6) is 0.535. The summed E-state index contributed by atoms with van der Waals surface area (Å²) in [5.41, 5.74) is 0. The average molecular weight is 349 g/mol. The van der Waals surface area contributed by atoms with Crippen LogP contribution in [-0.2, 0) is 9.84 Å². The molecule has 0 bridgehead atoms. The Kier molecular flexibility index (Phi) is 4.27. The Labute approximate surface area is 133 Å². The maximum atomic E-state index is 12.4. The summed E-state index contributed by atoms with van der Waals surface area (Å²) >= 11 is 7.36. The second-order valence-corrected chi connectivity index (χ2v) is 9.03. The van der Waals surface area contributed by atoms with Crippen molar-refractivity contribution in [3.63, 3.8) is 0 Å². The minimum Gasteiger partial charge on any atom is -0.335 e. The molecule has 1 atom stereocenters.